The van der Waals surface area contributed by atoms with Crippen molar-refractivity contribution in [2.45, 2.75) is 38.3 Å². The van der Waals surface area contributed by atoms with Gasteiger partial charge in [0.25, 0.3) is 0 Å². The molecule has 0 bridgehead atoms. The van der Waals surface area contributed by atoms with E-state index in [9.17, 15) is 4.79 Å². The summed E-state index contributed by atoms with van der Waals surface area (Å²) in [7, 11) is 5.33. The summed E-state index contributed by atoms with van der Waals surface area (Å²) < 4.78 is 5.48. The van der Waals surface area contributed by atoms with Crippen molar-refractivity contribution in [3.63, 3.8) is 0 Å². The van der Waals surface area contributed by atoms with Gasteiger partial charge in [-0.05, 0) is 37.9 Å². The Balaban J connectivity index is 2.20. The van der Waals surface area contributed by atoms with Crippen LogP contribution in [0.1, 0.15) is 30.5 Å². The van der Waals surface area contributed by atoms with E-state index in [0.29, 0.717) is 13.0 Å². The number of hydrogen-bond acceptors (Lipinski definition) is 4. The number of pyridine rings is 1. The minimum absolute atomic E-state index is 0.154. The van der Waals surface area contributed by atoms with E-state index < -0.39 is 0 Å². The van der Waals surface area contributed by atoms with Crippen LogP contribution in [-0.2, 0) is 16.1 Å². The van der Waals surface area contributed by atoms with Crippen LogP contribution in [0, 0.1) is 6.92 Å². The summed E-state index contributed by atoms with van der Waals surface area (Å²) in [6.07, 6.45) is 4.42. The van der Waals surface area contributed by atoms with Crippen LogP contribution in [0.4, 0.5) is 0 Å². The van der Waals surface area contributed by atoms with Crippen LogP contribution in [0.3, 0.4) is 0 Å². The fourth-order valence-corrected chi connectivity index (χ4v) is 3.23. The molecule has 0 saturated carbocycles. The molecule has 22 heavy (non-hydrogen) atoms. The van der Waals surface area contributed by atoms with E-state index in [0.717, 1.165) is 31.6 Å². The van der Waals surface area contributed by atoms with Crippen LogP contribution in [-0.4, -0.2) is 60.6 Å². The Morgan fingerprint density at radius 1 is 1.50 bits per heavy atom. The van der Waals surface area contributed by atoms with E-state index in [1.165, 1.54) is 5.56 Å². The molecule has 1 amide bonds. The van der Waals surface area contributed by atoms with Crippen LogP contribution >= 0.6 is 0 Å². The summed E-state index contributed by atoms with van der Waals surface area (Å²) in [5, 5.41) is 0. The molecule has 1 saturated heterocycles. The first kappa shape index (κ1) is 16.9. The molecular formula is C17H27N3O2. The van der Waals surface area contributed by atoms with Gasteiger partial charge in [0.05, 0.1) is 17.8 Å². The van der Waals surface area contributed by atoms with Crippen molar-refractivity contribution < 1.29 is 9.53 Å². The van der Waals surface area contributed by atoms with Crippen molar-refractivity contribution in [3.05, 3.63) is 29.6 Å². The molecule has 0 aliphatic carbocycles. The molecule has 0 aromatic carbocycles. The van der Waals surface area contributed by atoms with Crippen molar-refractivity contribution in [1.29, 1.82) is 0 Å². The number of carbonyl (C=O) groups excluding carboxylic acids is 1. The average molecular weight is 305 g/mol. The summed E-state index contributed by atoms with van der Waals surface area (Å²) in [5.41, 5.74) is 2.07. The second-order valence-corrected chi connectivity index (χ2v) is 6.41. The molecule has 5 nitrogen and oxygen atoms in total. The highest BCUT2D eigenvalue weighted by Gasteiger charge is 2.43. The molecule has 0 unspecified atom stereocenters. The Morgan fingerprint density at radius 3 is 2.91 bits per heavy atom. The number of methoxy groups -OCH3 is 1. The lowest BCUT2D eigenvalue weighted by molar-refractivity contribution is -0.132. The summed E-state index contributed by atoms with van der Waals surface area (Å²) in [5.74, 6) is 0.154. The van der Waals surface area contributed by atoms with Crippen molar-refractivity contribution in [3.8, 4) is 0 Å². The SMILES string of the molecule is COC[C@@]1(CC(=O)N(C)C)CCCN1Cc1ncccc1C. The molecule has 2 heterocycles. The molecule has 2 rings (SSSR count). The molecule has 1 aromatic rings. The Labute approximate surface area is 133 Å². The number of rotatable bonds is 6. The van der Waals surface area contributed by atoms with Gasteiger partial charge in [-0.1, -0.05) is 6.07 Å². The lowest BCUT2D eigenvalue weighted by Gasteiger charge is -2.38. The molecule has 0 N–H and O–H groups in total. The molecule has 1 atom stereocenters. The van der Waals surface area contributed by atoms with Gasteiger partial charge >= 0.3 is 0 Å². The van der Waals surface area contributed by atoms with E-state index in [2.05, 4.69) is 22.9 Å². The molecule has 122 valence electrons. The monoisotopic (exact) mass is 305 g/mol. The van der Waals surface area contributed by atoms with E-state index in [1.807, 2.05) is 26.4 Å². The zero-order valence-corrected chi connectivity index (χ0v) is 14.1. The zero-order valence-electron chi connectivity index (χ0n) is 14.1. The Kier molecular flexibility index (Phi) is 5.53. The van der Waals surface area contributed by atoms with Crippen molar-refractivity contribution in [2.75, 3.05) is 34.4 Å². The maximum Gasteiger partial charge on any atom is 0.224 e. The van der Waals surface area contributed by atoms with Gasteiger partial charge in [0.1, 0.15) is 0 Å². The van der Waals surface area contributed by atoms with E-state index in [-0.39, 0.29) is 11.4 Å². The minimum Gasteiger partial charge on any atom is -0.383 e. The number of aryl methyl sites for hydroxylation is 1. The lowest BCUT2D eigenvalue weighted by atomic mass is 9.91. The summed E-state index contributed by atoms with van der Waals surface area (Å²) in [4.78, 5) is 20.8. The summed E-state index contributed by atoms with van der Waals surface area (Å²) in [6.45, 7) is 4.43. The number of ether oxygens (including phenoxy) is 1. The van der Waals surface area contributed by atoms with Crippen molar-refractivity contribution >= 4 is 5.91 Å². The quantitative estimate of drug-likeness (QED) is 0.804. The van der Waals surface area contributed by atoms with Crippen molar-refractivity contribution in [1.82, 2.24) is 14.8 Å². The minimum atomic E-state index is -0.208. The average Bonchev–Trinajstić information content (AvgIpc) is 2.84. The van der Waals surface area contributed by atoms with Gasteiger partial charge in [-0.3, -0.25) is 14.7 Å². The van der Waals surface area contributed by atoms with Crippen LogP contribution < -0.4 is 0 Å². The lowest BCUT2D eigenvalue weighted by Crippen LogP contribution is -2.50. The van der Waals surface area contributed by atoms with Crippen LogP contribution in [0.2, 0.25) is 0 Å². The third-order valence-electron chi connectivity index (χ3n) is 4.59. The van der Waals surface area contributed by atoms with Gasteiger partial charge in [0.2, 0.25) is 5.91 Å². The fourth-order valence-electron chi connectivity index (χ4n) is 3.23. The fraction of sp³-hybridized carbons (Fsp3) is 0.647. The number of aromatic nitrogens is 1. The van der Waals surface area contributed by atoms with Gasteiger partial charge in [0, 0.05) is 40.4 Å². The first-order valence-corrected chi connectivity index (χ1v) is 7.83. The van der Waals surface area contributed by atoms with Gasteiger partial charge in [-0.15, -0.1) is 0 Å². The van der Waals surface area contributed by atoms with Gasteiger partial charge < -0.3 is 9.64 Å². The number of amides is 1. The second kappa shape index (κ2) is 7.20. The molecule has 1 aromatic heterocycles. The first-order chi connectivity index (χ1) is 10.5. The molecule has 1 aliphatic heterocycles. The Morgan fingerprint density at radius 2 is 2.27 bits per heavy atom. The standard InChI is InChI=1S/C17H27N3O2/c1-14-7-5-9-18-15(14)12-20-10-6-8-17(20,13-22-4)11-16(21)19(2)3/h5,7,9H,6,8,10-13H2,1-4H3/t17-/m0/s1. The van der Waals surface area contributed by atoms with Gasteiger partial charge in [-0.2, -0.15) is 0 Å². The predicted octanol–water partition coefficient (Wildman–Crippen LogP) is 1.85. The van der Waals surface area contributed by atoms with Crippen molar-refractivity contribution in [2.24, 2.45) is 0 Å². The van der Waals surface area contributed by atoms with E-state index in [4.69, 9.17) is 4.74 Å². The highest BCUT2D eigenvalue weighted by atomic mass is 16.5. The van der Waals surface area contributed by atoms with Gasteiger partial charge in [0.15, 0.2) is 0 Å². The third kappa shape index (κ3) is 3.65. The van der Waals surface area contributed by atoms with Crippen LogP contribution in [0.5, 0.6) is 0 Å². The van der Waals surface area contributed by atoms with E-state index >= 15 is 0 Å². The Hall–Kier alpha value is -1.46. The summed E-state index contributed by atoms with van der Waals surface area (Å²) in [6, 6.07) is 4.04. The van der Waals surface area contributed by atoms with E-state index in [1.54, 1.807) is 12.0 Å². The highest BCUT2D eigenvalue weighted by Crippen LogP contribution is 2.34. The molecule has 1 aliphatic rings. The topological polar surface area (TPSA) is 45.7 Å². The number of hydrogen-bond donors (Lipinski definition) is 0. The van der Waals surface area contributed by atoms with Crippen LogP contribution in [0.15, 0.2) is 18.3 Å². The number of nitrogens with zero attached hydrogens (tertiary/aromatic N) is 3. The summed E-state index contributed by atoms with van der Waals surface area (Å²) >= 11 is 0. The molecule has 0 radical (unpaired) electrons. The number of likely N-dealkylation sites (tertiary alicyclic amines) is 1. The predicted molar refractivity (Wildman–Crippen MR) is 86.5 cm³/mol. The maximum absolute atomic E-state index is 12.3. The molecule has 1 fully saturated rings. The highest BCUT2D eigenvalue weighted by molar-refractivity contribution is 5.77. The first-order valence-electron chi connectivity index (χ1n) is 7.83. The molecular weight excluding hydrogens is 278 g/mol. The number of carbonyl (C=O) groups is 1. The maximum atomic E-state index is 12.3. The molecule has 5 heteroatoms. The smallest absolute Gasteiger partial charge is 0.224 e. The largest absolute Gasteiger partial charge is 0.383 e. The second-order valence-electron chi connectivity index (χ2n) is 6.41. The molecule has 0 spiro atoms. The normalized spacial score (nSPS) is 22.0. The zero-order chi connectivity index (χ0) is 16.2. The van der Waals surface area contributed by atoms with Crippen LogP contribution in [0.25, 0.3) is 0 Å². The Bertz CT molecular complexity index is 518. The third-order valence-corrected chi connectivity index (χ3v) is 4.59. The van der Waals surface area contributed by atoms with Gasteiger partial charge in [-0.25, -0.2) is 0 Å².